The highest BCUT2D eigenvalue weighted by Gasteiger charge is 2.77. The highest BCUT2D eigenvalue weighted by molar-refractivity contribution is 6.05. The molecule has 6 rings (SSSR count). The number of nitrogens with one attached hydrogen (secondary N) is 3. The van der Waals surface area contributed by atoms with E-state index in [2.05, 4.69) is 20.8 Å². The number of hydrogen-bond donors (Lipinski definition) is 3. The molecule has 1 aromatic heterocycles. The molecule has 8 nitrogen and oxygen atoms in total. The number of aromatic nitrogens is 2. The molecule has 0 radical (unpaired) electrons. The van der Waals surface area contributed by atoms with Crippen LogP contribution in [0.5, 0.6) is 0 Å². The number of rotatable bonds is 4. The van der Waals surface area contributed by atoms with E-state index in [0.29, 0.717) is 24.9 Å². The molecule has 29 heavy (non-hydrogen) atoms. The summed E-state index contributed by atoms with van der Waals surface area (Å²) in [4.78, 5) is 27.7. The summed E-state index contributed by atoms with van der Waals surface area (Å²) >= 11 is 0. The van der Waals surface area contributed by atoms with Crippen molar-refractivity contribution in [1.82, 2.24) is 25.7 Å². The predicted molar refractivity (Wildman–Crippen MR) is 107 cm³/mol. The maximum absolute atomic E-state index is 13.1. The lowest BCUT2D eigenvalue weighted by Crippen LogP contribution is -2.61. The molecular weight excluding hydrogens is 370 g/mol. The van der Waals surface area contributed by atoms with Crippen molar-refractivity contribution in [3.63, 3.8) is 0 Å². The van der Waals surface area contributed by atoms with Gasteiger partial charge in [0.25, 0.3) is 5.91 Å². The molecule has 8 heteroatoms. The minimum atomic E-state index is -0.466. The Morgan fingerprint density at radius 2 is 2.00 bits per heavy atom. The fourth-order valence-electron chi connectivity index (χ4n) is 5.80. The monoisotopic (exact) mass is 397 g/mol. The fraction of sp³-hybridized carbons (Fsp3) is 0.571. The number of hydrogen-bond acceptors (Lipinski definition) is 5. The molecule has 2 amide bonds. The number of benzene rings is 1. The number of aromatic amines is 1. The number of carbonyl (C=O) groups excluding carboxylic acids is 2. The summed E-state index contributed by atoms with van der Waals surface area (Å²) in [6, 6.07) is 5.56. The van der Waals surface area contributed by atoms with Gasteiger partial charge in [-0.25, -0.2) is 0 Å². The van der Waals surface area contributed by atoms with Gasteiger partial charge in [0.1, 0.15) is 0 Å². The van der Waals surface area contributed by atoms with E-state index in [-0.39, 0.29) is 11.8 Å². The second kappa shape index (κ2) is 6.27. The van der Waals surface area contributed by atoms with Crippen LogP contribution < -0.4 is 10.6 Å². The van der Waals surface area contributed by atoms with Gasteiger partial charge in [0.05, 0.1) is 33.9 Å². The van der Waals surface area contributed by atoms with Gasteiger partial charge >= 0.3 is 0 Å². The van der Waals surface area contributed by atoms with Crippen molar-refractivity contribution >= 4 is 22.7 Å². The van der Waals surface area contributed by atoms with Gasteiger partial charge in [-0.1, -0.05) is 12.1 Å². The third-order valence-electron chi connectivity index (χ3n) is 7.05. The molecule has 4 fully saturated rings. The quantitative estimate of drug-likeness (QED) is 0.716. The van der Waals surface area contributed by atoms with E-state index in [0.717, 1.165) is 36.8 Å². The Balaban J connectivity index is 1.36. The van der Waals surface area contributed by atoms with Gasteiger partial charge in [0.15, 0.2) is 0 Å². The lowest BCUT2D eigenvalue weighted by molar-refractivity contribution is -0.149. The van der Waals surface area contributed by atoms with Crippen molar-refractivity contribution in [3.8, 4) is 0 Å². The van der Waals surface area contributed by atoms with E-state index in [9.17, 15) is 9.59 Å². The van der Waals surface area contributed by atoms with Crippen LogP contribution in [-0.4, -0.2) is 71.8 Å². The van der Waals surface area contributed by atoms with Crippen molar-refractivity contribution in [1.29, 1.82) is 0 Å². The van der Waals surface area contributed by atoms with Gasteiger partial charge in [0.2, 0.25) is 5.91 Å². The van der Waals surface area contributed by atoms with Crippen molar-refractivity contribution in [2.24, 2.45) is 5.41 Å². The molecule has 2 aromatic rings. The van der Waals surface area contributed by atoms with Crippen molar-refractivity contribution in [2.45, 2.75) is 36.9 Å². The molecule has 2 bridgehead atoms. The molecule has 0 atom stereocenters. The number of piperidine rings is 1. The standard InChI is InChI=1S/C21H27N5O3/c1-26(2)18(28)20-11-19(12-20,29-21(20)6-8-22-9-7-21)13-23-17(27)15-5-3-4-14-10-24-25-16(14)15/h3-5,10,22H,6-9,11-13H2,1-2H3,(H,23,27)(H,24,25). The molecule has 1 saturated carbocycles. The molecule has 4 aliphatic rings. The number of nitrogens with zero attached hydrogens (tertiary/aromatic N) is 2. The maximum Gasteiger partial charge on any atom is 0.253 e. The summed E-state index contributed by atoms with van der Waals surface area (Å²) < 4.78 is 6.66. The molecular formula is C21H27N5O3. The summed E-state index contributed by atoms with van der Waals surface area (Å²) in [6.45, 7) is 2.12. The largest absolute Gasteiger partial charge is 0.365 e. The smallest absolute Gasteiger partial charge is 0.253 e. The molecule has 3 saturated heterocycles. The molecule has 3 aliphatic heterocycles. The molecule has 3 N–H and O–H groups in total. The van der Waals surface area contributed by atoms with Gasteiger partial charge in [-0.2, -0.15) is 5.10 Å². The maximum atomic E-state index is 13.1. The van der Waals surface area contributed by atoms with E-state index in [1.54, 1.807) is 17.2 Å². The lowest BCUT2D eigenvalue weighted by Gasteiger charge is -2.49. The summed E-state index contributed by atoms with van der Waals surface area (Å²) in [5.41, 5.74) is -0.0441. The van der Waals surface area contributed by atoms with Crippen LogP contribution in [-0.2, 0) is 9.53 Å². The first-order valence-corrected chi connectivity index (χ1v) is 10.2. The molecule has 1 aromatic carbocycles. The van der Waals surface area contributed by atoms with Crippen LogP contribution in [0.4, 0.5) is 0 Å². The van der Waals surface area contributed by atoms with E-state index in [4.69, 9.17) is 4.74 Å². The second-order valence-corrected chi connectivity index (χ2v) is 8.99. The van der Waals surface area contributed by atoms with Crippen LogP contribution in [0.25, 0.3) is 10.9 Å². The van der Waals surface area contributed by atoms with Crippen LogP contribution in [0, 0.1) is 5.41 Å². The Morgan fingerprint density at radius 1 is 1.24 bits per heavy atom. The van der Waals surface area contributed by atoms with Gasteiger partial charge in [-0.15, -0.1) is 0 Å². The number of H-pyrrole nitrogens is 1. The molecule has 1 aliphatic carbocycles. The minimum absolute atomic E-state index is 0.152. The number of para-hydroxylation sites is 1. The lowest BCUT2D eigenvalue weighted by atomic mass is 9.53. The highest BCUT2D eigenvalue weighted by Crippen LogP contribution is 2.69. The van der Waals surface area contributed by atoms with Crippen LogP contribution in [0.15, 0.2) is 24.4 Å². The topological polar surface area (TPSA) is 99.4 Å². The van der Waals surface area contributed by atoms with Crippen molar-refractivity contribution in [2.75, 3.05) is 33.7 Å². The normalized spacial score (nSPS) is 29.6. The van der Waals surface area contributed by atoms with E-state index < -0.39 is 16.6 Å². The van der Waals surface area contributed by atoms with Gasteiger partial charge in [-0.3, -0.25) is 14.7 Å². The first-order valence-electron chi connectivity index (χ1n) is 10.2. The number of carbonyl (C=O) groups is 2. The summed E-state index contributed by atoms with van der Waals surface area (Å²) in [5, 5.41) is 14.3. The van der Waals surface area contributed by atoms with Crippen LogP contribution in [0.3, 0.4) is 0 Å². The summed E-state index contributed by atoms with van der Waals surface area (Å²) in [7, 11) is 3.63. The summed E-state index contributed by atoms with van der Waals surface area (Å²) in [5.74, 6) is 0.00148. The van der Waals surface area contributed by atoms with Crippen molar-refractivity contribution in [3.05, 3.63) is 30.0 Å². The van der Waals surface area contributed by atoms with Gasteiger partial charge in [-0.05, 0) is 44.8 Å². The zero-order valence-electron chi connectivity index (χ0n) is 16.9. The first kappa shape index (κ1) is 18.6. The number of fused-ring (bicyclic) bond motifs is 1. The van der Waals surface area contributed by atoms with E-state index in [1.165, 1.54) is 0 Å². The van der Waals surface area contributed by atoms with Crippen molar-refractivity contribution < 1.29 is 14.3 Å². The van der Waals surface area contributed by atoms with Crippen LogP contribution in [0.1, 0.15) is 36.0 Å². The second-order valence-electron chi connectivity index (χ2n) is 8.99. The Kier molecular flexibility index (Phi) is 4.02. The number of ether oxygens (including phenoxy) is 1. The fourth-order valence-corrected chi connectivity index (χ4v) is 5.80. The molecule has 1 spiro atoms. The number of amides is 2. The van der Waals surface area contributed by atoms with Crippen LogP contribution >= 0.6 is 0 Å². The van der Waals surface area contributed by atoms with E-state index >= 15 is 0 Å². The highest BCUT2D eigenvalue weighted by atomic mass is 16.5. The zero-order chi connectivity index (χ0) is 20.3. The average Bonchev–Trinajstić information content (AvgIpc) is 3.34. The van der Waals surface area contributed by atoms with Crippen LogP contribution in [0.2, 0.25) is 0 Å². The Labute approximate surface area is 169 Å². The predicted octanol–water partition coefficient (Wildman–Crippen LogP) is 1.05. The third-order valence-corrected chi connectivity index (χ3v) is 7.05. The van der Waals surface area contributed by atoms with Gasteiger partial charge < -0.3 is 20.3 Å². The molecule has 154 valence electrons. The first-order chi connectivity index (χ1) is 13.9. The zero-order valence-corrected chi connectivity index (χ0v) is 16.9. The Hall–Kier alpha value is -2.45. The average molecular weight is 397 g/mol. The summed E-state index contributed by atoms with van der Waals surface area (Å²) in [6.07, 6.45) is 4.71. The van der Waals surface area contributed by atoms with E-state index in [1.807, 2.05) is 26.2 Å². The Bertz CT molecular complexity index is 970. The Morgan fingerprint density at radius 3 is 2.72 bits per heavy atom. The third kappa shape index (κ3) is 2.55. The minimum Gasteiger partial charge on any atom is -0.365 e. The molecule has 4 heterocycles. The molecule has 0 unspecified atom stereocenters. The van der Waals surface area contributed by atoms with Gasteiger partial charge in [0, 0.05) is 26.0 Å². The SMILES string of the molecule is CN(C)C(=O)C12CC(CNC(=O)c3cccc4cn[nH]c34)(C1)OC21CCNCC1.